The fourth-order valence-electron chi connectivity index (χ4n) is 5.69. The van der Waals surface area contributed by atoms with Crippen LogP contribution in [0.5, 0.6) is 0 Å². The minimum Gasteiger partial charge on any atom is -0.214 e. The van der Waals surface area contributed by atoms with Crippen molar-refractivity contribution in [2.75, 3.05) is 7.05 Å². The lowest BCUT2D eigenvalue weighted by Crippen LogP contribution is -2.24. The molecule has 0 spiro atoms. The fourth-order valence-corrected chi connectivity index (χ4v) is 6.96. The van der Waals surface area contributed by atoms with E-state index in [1.807, 2.05) is 0 Å². The maximum Gasteiger partial charge on any atom is 0.240 e. The van der Waals surface area contributed by atoms with E-state index in [-0.39, 0.29) is 0 Å². The van der Waals surface area contributed by atoms with Crippen LogP contribution in [-0.4, -0.2) is 15.5 Å². The first-order valence-electron chi connectivity index (χ1n) is 10.7. The quantitative estimate of drug-likeness (QED) is 0.731. The summed E-state index contributed by atoms with van der Waals surface area (Å²) in [5.41, 5.74) is 3.72. The van der Waals surface area contributed by atoms with Gasteiger partial charge in [-0.1, -0.05) is 50.7 Å². The van der Waals surface area contributed by atoms with Gasteiger partial charge >= 0.3 is 0 Å². The number of rotatable bonds is 5. The number of hydrogen-bond donors (Lipinski definition) is 1. The van der Waals surface area contributed by atoms with E-state index in [0.717, 1.165) is 36.8 Å². The summed E-state index contributed by atoms with van der Waals surface area (Å²) in [6.45, 7) is 0. The highest BCUT2D eigenvalue weighted by molar-refractivity contribution is 7.89. The summed E-state index contributed by atoms with van der Waals surface area (Å²) in [6.07, 6.45) is 14.7. The van der Waals surface area contributed by atoms with Crippen molar-refractivity contribution in [3.63, 3.8) is 0 Å². The monoisotopic (exact) mass is 375 g/mol. The van der Waals surface area contributed by atoms with Gasteiger partial charge in [0.2, 0.25) is 10.0 Å². The lowest BCUT2D eigenvalue weighted by Gasteiger charge is -2.25. The Morgan fingerprint density at radius 2 is 1.12 bits per heavy atom. The fraction of sp³-hybridized carbons (Fsp3) is 0.727. The molecule has 4 rings (SSSR count). The average Bonchev–Trinajstić information content (AvgIpc) is 3.44. The summed E-state index contributed by atoms with van der Waals surface area (Å²) < 4.78 is 28.8. The Hall–Kier alpha value is -0.870. The van der Waals surface area contributed by atoms with Crippen LogP contribution >= 0.6 is 0 Å². The summed E-state index contributed by atoms with van der Waals surface area (Å²) in [4.78, 5) is 0.653. The molecule has 1 aromatic carbocycles. The van der Waals surface area contributed by atoms with Crippen molar-refractivity contribution >= 4 is 10.0 Å². The molecule has 4 heteroatoms. The van der Waals surface area contributed by atoms with Gasteiger partial charge in [0.25, 0.3) is 0 Å². The molecule has 3 aliphatic carbocycles. The molecule has 0 unspecified atom stereocenters. The Labute approximate surface area is 159 Å². The van der Waals surface area contributed by atoms with Crippen LogP contribution in [0, 0.1) is 0 Å². The van der Waals surface area contributed by atoms with Crippen LogP contribution in [0.15, 0.2) is 17.0 Å². The van der Waals surface area contributed by atoms with Crippen molar-refractivity contribution in [1.82, 2.24) is 4.72 Å². The van der Waals surface area contributed by atoms with E-state index in [1.165, 1.54) is 56.9 Å². The molecule has 0 aromatic heterocycles. The molecular formula is C22H33NO2S. The normalized spacial score (nSPS) is 23.3. The van der Waals surface area contributed by atoms with Crippen LogP contribution in [-0.2, 0) is 10.0 Å². The highest BCUT2D eigenvalue weighted by Crippen LogP contribution is 2.46. The minimum atomic E-state index is -3.42. The van der Waals surface area contributed by atoms with Crippen molar-refractivity contribution in [2.24, 2.45) is 0 Å². The van der Waals surface area contributed by atoms with Gasteiger partial charge in [-0.25, -0.2) is 13.1 Å². The van der Waals surface area contributed by atoms with E-state index < -0.39 is 10.0 Å². The van der Waals surface area contributed by atoms with Crippen molar-refractivity contribution in [2.45, 2.75) is 99.7 Å². The maximum absolute atomic E-state index is 13.1. The molecule has 3 fully saturated rings. The zero-order valence-electron chi connectivity index (χ0n) is 16.1. The van der Waals surface area contributed by atoms with E-state index in [0.29, 0.717) is 22.6 Å². The molecule has 3 aliphatic rings. The SMILES string of the molecule is CNS(=O)(=O)c1c(C2CCCC2)cc(C2CCCC2)cc1C1CCCC1. The molecule has 0 aliphatic heterocycles. The zero-order chi connectivity index (χ0) is 18.1. The van der Waals surface area contributed by atoms with Gasteiger partial charge in [-0.15, -0.1) is 0 Å². The lowest BCUT2D eigenvalue weighted by atomic mass is 9.85. The molecule has 26 heavy (non-hydrogen) atoms. The summed E-state index contributed by atoms with van der Waals surface area (Å²) in [5.74, 6) is 1.49. The Morgan fingerprint density at radius 1 is 0.731 bits per heavy atom. The molecule has 1 aromatic rings. The molecule has 0 bridgehead atoms. The van der Waals surface area contributed by atoms with Gasteiger partial charge in [-0.05, 0) is 80.0 Å². The Bertz CT molecular complexity index is 700. The van der Waals surface area contributed by atoms with Gasteiger partial charge in [0.1, 0.15) is 0 Å². The first-order valence-corrected chi connectivity index (χ1v) is 12.2. The molecule has 3 saturated carbocycles. The van der Waals surface area contributed by atoms with Crippen LogP contribution in [0.4, 0.5) is 0 Å². The van der Waals surface area contributed by atoms with E-state index >= 15 is 0 Å². The van der Waals surface area contributed by atoms with Crippen molar-refractivity contribution in [1.29, 1.82) is 0 Å². The van der Waals surface area contributed by atoms with Gasteiger partial charge in [0.05, 0.1) is 4.90 Å². The molecule has 0 atom stereocenters. The average molecular weight is 376 g/mol. The summed E-state index contributed by atoms with van der Waals surface area (Å²) in [5, 5.41) is 0. The summed E-state index contributed by atoms with van der Waals surface area (Å²) >= 11 is 0. The smallest absolute Gasteiger partial charge is 0.214 e. The van der Waals surface area contributed by atoms with Crippen LogP contribution in [0.1, 0.15) is 111 Å². The molecule has 0 saturated heterocycles. The predicted molar refractivity (Wildman–Crippen MR) is 106 cm³/mol. The van der Waals surface area contributed by atoms with Gasteiger partial charge in [0.15, 0.2) is 0 Å². The first kappa shape index (κ1) is 18.5. The largest absolute Gasteiger partial charge is 0.240 e. The van der Waals surface area contributed by atoms with E-state index in [4.69, 9.17) is 0 Å². The lowest BCUT2D eigenvalue weighted by molar-refractivity contribution is 0.576. The van der Waals surface area contributed by atoms with Crippen LogP contribution in [0.25, 0.3) is 0 Å². The number of nitrogens with one attached hydrogen (secondary N) is 1. The first-order chi connectivity index (χ1) is 12.6. The molecule has 0 heterocycles. The van der Waals surface area contributed by atoms with Crippen LogP contribution in [0.3, 0.4) is 0 Å². The van der Waals surface area contributed by atoms with Gasteiger partial charge in [-0.2, -0.15) is 0 Å². The second-order valence-electron chi connectivity index (χ2n) is 8.68. The predicted octanol–water partition coefficient (Wildman–Crippen LogP) is 5.57. The van der Waals surface area contributed by atoms with Gasteiger partial charge in [0, 0.05) is 0 Å². The topological polar surface area (TPSA) is 46.2 Å². The molecule has 3 nitrogen and oxygen atoms in total. The third kappa shape index (κ3) is 3.47. The molecule has 144 valence electrons. The Balaban J connectivity index is 1.90. The van der Waals surface area contributed by atoms with E-state index in [1.54, 1.807) is 7.05 Å². The third-order valence-electron chi connectivity index (χ3n) is 7.12. The highest BCUT2D eigenvalue weighted by atomic mass is 32.2. The number of benzene rings is 1. The zero-order valence-corrected chi connectivity index (χ0v) is 16.9. The number of hydrogen-bond acceptors (Lipinski definition) is 2. The van der Waals surface area contributed by atoms with Crippen molar-refractivity contribution in [3.8, 4) is 0 Å². The standard InChI is InChI=1S/C22H33NO2S/c1-23-26(24,25)22-20(17-10-4-5-11-17)14-19(16-8-2-3-9-16)15-21(22)18-12-6-7-13-18/h14-18,23H,2-13H2,1H3. The van der Waals surface area contributed by atoms with Crippen LogP contribution < -0.4 is 4.72 Å². The Kier molecular flexibility index (Phi) is 5.43. The van der Waals surface area contributed by atoms with E-state index in [2.05, 4.69) is 16.9 Å². The molecule has 1 N–H and O–H groups in total. The molecule has 0 amide bonds. The highest BCUT2D eigenvalue weighted by Gasteiger charge is 2.33. The minimum absolute atomic E-state index is 0.426. The second-order valence-corrected chi connectivity index (χ2v) is 10.5. The maximum atomic E-state index is 13.1. The Morgan fingerprint density at radius 3 is 1.50 bits per heavy atom. The summed E-state index contributed by atoms with van der Waals surface area (Å²) in [6, 6.07) is 4.60. The van der Waals surface area contributed by atoms with Gasteiger partial charge < -0.3 is 0 Å². The van der Waals surface area contributed by atoms with Gasteiger partial charge in [-0.3, -0.25) is 0 Å². The molecular weight excluding hydrogens is 342 g/mol. The third-order valence-corrected chi connectivity index (χ3v) is 8.67. The second kappa shape index (κ2) is 7.63. The summed E-state index contributed by atoms with van der Waals surface area (Å²) in [7, 11) is -1.86. The van der Waals surface area contributed by atoms with Crippen molar-refractivity contribution in [3.05, 3.63) is 28.8 Å². The van der Waals surface area contributed by atoms with E-state index in [9.17, 15) is 8.42 Å². The van der Waals surface area contributed by atoms with Crippen molar-refractivity contribution < 1.29 is 8.42 Å². The van der Waals surface area contributed by atoms with Crippen LogP contribution in [0.2, 0.25) is 0 Å². The number of sulfonamides is 1. The molecule has 0 radical (unpaired) electrons.